The maximum absolute atomic E-state index is 9.69. The van der Waals surface area contributed by atoms with Crippen molar-refractivity contribution in [2.75, 3.05) is 0 Å². The molecule has 3 aromatic rings. The van der Waals surface area contributed by atoms with Crippen molar-refractivity contribution in [1.82, 2.24) is 4.57 Å². The number of aryl methyl sites for hydroxylation is 1. The Balaban J connectivity index is 1.59. The van der Waals surface area contributed by atoms with Crippen LogP contribution in [0.4, 0.5) is 0 Å². The Kier molecular flexibility index (Phi) is 3.56. The number of phenolic OH excluding ortho intramolecular Hbond substituents is 1. The van der Waals surface area contributed by atoms with Crippen LogP contribution in [0.15, 0.2) is 78.9 Å². The highest BCUT2D eigenvalue weighted by Gasteiger charge is 2.33. The van der Waals surface area contributed by atoms with Crippen molar-refractivity contribution in [2.24, 2.45) is 5.92 Å². The molecule has 0 bridgehead atoms. The lowest BCUT2D eigenvalue weighted by molar-refractivity contribution is 0.460. The molecule has 1 aromatic heterocycles. The lowest BCUT2D eigenvalue weighted by Gasteiger charge is -2.24. The van der Waals surface area contributed by atoms with E-state index in [0.29, 0.717) is 17.7 Å². The van der Waals surface area contributed by atoms with Crippen LogP contribution in [0.25, 0.3) is 11.6 Å². The Labute approximate surface area is 153 Å². The van der Waals surface area contributed by atoms with E-state index in [1.54, 1.807) is 12.1 Å². The van der Waals surface area contributed by atoms with E-state index < -0.39 is 0 Å². The van der Waals surface area contributed by atoms with Gasteiger partial charge in [-0.3, -0.25) is 0 Å². The minimum absolute atomic E-state index is 0.318. The van der Waals surface area contributed by atoms with Crippen LogP contribution < -0.4 is 10.7 Å². The summed E-state index contributed by atoms with van der Waals surface area (Å²) in [5.74, 6) is 0.762. The number of phenols is 1. The molecule has 2 aliphatic heterocycles. The van der Waals surface area contributed by atoms with E-state index >= 15 is 0 Å². The fraction of sp³-hybridized carbons (Fsp3) is 0.167. The van der Waals surface area contributed by atoms with E-state index in [9.17, 15) is 5.11 Å². The van der Waals surface area contributed by atoms with Gasteiger partial charge in [0.2, 0.25) is 0 Å². The molecule has 2 heteroatoms. The van der Waals surface area contributed by atoms with E-state index in [1.807, 2.05) is 12.1 Å². The van der Waals surface area contributed by atoms with Crippen LogP contribution in [0.5, 0.6) is 5.75 Å². The van der Waals surface area contributed by atoms with E-state index in [-0.39, 0.29) is 0 Å². The van der Waals surface area contributed by atoms with Crippen molar-refractivity contribution >= 4 is 11.6 Å². The zero-order valence-electron chi connectivity index (χ0n) is 14.5. The number of allylic oxidation sites excluding steroid dienone is 2. The van der Waals surface area contributed by atoms with E-state index in [0.717, 1.165) is 12.8 Å². The van der Waals surface area contributed by atoms with Crippen molar-refractivity contribution in [3.63, 3.8) is 0 Å². The third-order valence-electron chi connectivity index (χ3n) is 5.65. The molecule has 0 radical (unpaired) electrons. The van der Waals surface area contributed by atoms with Crippen molar-refractivity contribution in [1.29, 1.82) is 0 Å². The second-order valence-electron chi connectivity index (χ2n) is 7.15. The number of rotatable bonds is 4. The molecule has 0 spiro atoms. The summed E-state index contributed by atoms with van der Waals surface area (Å²) in [6, 6.07) is 23.2. The van der Waals surface area contributed by atoms with Gasteiger partial charge in [-0.2, -0.15) is 0 Å². The van der Waals surface area contributed by atoms with Gasteiger partial charge >= 0.3 is 0 Å². The van der Waals surface area contributed by atoms with Crippen molar-refractivity contribution in [2.45, 2.75) is 18.9 Å². The van der Waals surface area contributed by atoms with Crippen molar-refractivity contribution < 1.29 is 5.11 Å². The van der Waals surface area contributed by atoms with E-state index in [1.165, 1.54) is 27.4 Å². The van der Waals surface area contributed by atoms with Crippen LogP contribution in [-0.4, -0.2) is 9.67 Å². The molecule has 2 aromatic carbocycles. The first-order valence-corrected chi connectivity index (χ1v) is 9.24. The summed E-state index contributed by atoms with van der Waals surface area (Å²) in [6.45, 7) is 0. The van der Waals surface area contributed by atoms with Gasteiger partial charge in [-0.1, -0.05) is 54.6 Å². The summed E-state index contributed by atoms with van der Waals surface area (Å²) in [5.41, 5.74) is 4.00. The monoisotopic (exact) mass is 339 g/mol. The molecule has 128 valence electrons. The third kappa shape index (κ3) is 2.41. The Bertz CT molecular complexity index is 1090. The summed E-state index contributed by atoms with van der Waals surface area (Å²) in [6.07, 6.45) is 8.89. The molecule has 1 N–H and O–H groups in total. The lowest BCUT2D eigenvalue weighted by atomic mass is 9.84. The summed E-state index contributed by atoms with van der Waals surface area (Å²) in [5, 5.41) is 12.3. The van der Waals surface area contributed by atoms with Gasteiger partial charge in [0, 0.05) is 16.6 Å². The van der Waals surface area contributed by atoms with Crippen LogP contribution >= 0.6 is 0 Å². The zero-order valence-corrected chi connectivity index (χ0v) is 14.5. The molecular formula is C24H21NO. The molecule has 2 unspecified atom stereocenters. The maximum Gasteiger partial charge on any atom is 0.115 e. The Morgan fingerprint density at radius 1 is 0.885 bits per heavy atom. The zero-order chi connectivity index (χ0) is 17.5. The molecule has 0 saturated carbocycles. The molecule has 5 rings (SSSR count). The number of aromatic hydroxyl groups is 1. The molecule has 2 nitrogen and oxygen atoms in total. The first-order valence-electron chi connectivity index (χ1n) is 9.24. The number of aromatic nitrogens is 1. The lowest BCUT2D eigenvalue weighted by Crippen LogP contribution is -2.28. The molecule has 0 amide bonds. The van der Waals surface area contributed by atoms with Crippen LogP contribution in [0.3, 0.4) is 0 Å². The predicted octanol–water partition coefficient (Wildman–Crippen LogP) is 3.55. The highest BCUT2D eigenvalue weighted by Crippen LogP contribution is 2.38. The van der Waals surface area contributed by atoms with Crippen LogP contribution in [0, 0.1) is 5.92 Å². The molecule has 26 heavy (non-hydrogen) atoms. The topological polar surface area (TPSA) is 25.2 Å². The Morgan fingerprint density at radius 3 is 2.50 bits per heavy atom. The standard InChI is InChI=1S/C24H21NO/c26-20-13-10-18(11-14-20)24-21(15-9-17-5-2-1-3-6-17)22-8-4-7-19-12-16-23(24)25(19)22/h1-8,10-14,16,21-22,26H,9,15H2. The predicted molar refractivity (Wildman–Crippen MR) is 105 cm³/mol. The fourth-order valence-electron chi connectivity index (χ4n) is 4.47. The van der Waals surface area contributed by atoms with E-state index in [2.05, 4.69) is 65.3 Å². The number of hydrogen-bond donors (Lipinski definition) is 1. The van der Waals surface area contributed by atoms with E-state index in [4.69, 9.17) is 0 Å². The van der Waals surface area contributed by atoms with Crippen LogP contribution in [0.2, 0.25) is 0 Å². The second kappa shape index (κ2) is 6.06. The average molecular weight is 339 g/mol. The fourth-order valence-corrected chi connectivity index (χ4v) is 4.47. The van der Waals surface area contributed by atoms with Gasteiger partial charge in [0.15, 0.2) is 0 Å². The first-order chi connectivity index (χ1) is 12.8. The molecular weight excluding hydrogens is 318 g/mol. The summed E-state index contributed by atoms with van der Waals surface area (Å²) >= 11 is 0. The minimum atomic E-state index is 0.318. The largest absolute Gasteiger partial charge is 0.508 e. The SMILES string of the molecule is Oc1ccc(C2=c3ccc4n3C(C=CC=4)C2CCc2ccccc2)cc1. The van der Waals surface area contributed by atoms with Gasteiger partial charge in [0.05, 0.1) is 6.04 Å². The van der Waals surface area contributed by atoms with Gasteiger partial charge in [-0.25, -0.2) is 0 Å². The molecule has 2 atom stereocenters. The average Bonchev–Trinajstić information content (AvgIpc) is 3.24. The van der Waals surface area contributed by atoms with Gasteiger partial charge in [-0.15, -0.1) is 0 Å². The molecule has 0 fully saturated rings. The normalized spacial score (nSPS) is 20.1. The van der Waals surface area contributed by atoms with Crippen molar-refractivity contribution in [3.05, 3.63) is 101 Å². The minimum Gasteiger partial charge on any atom is -0.508 e. The highest BCUT2D eigenvalue weighted by molar-refractivity contribution is 5.70. The highest BCUT2D eigenvalue weighted by atomic mass is 16.3. The first kappa shape index (κ1) is 15.3. The van der Waals surface area contributed by atoms with Crippen molar-refractivity contribution in [3.8, 4) is 5.75 Å². The summed E-state index contributed by atoms with van der Waals surface area (Å²) in [4.78, 5) is 0. The van der Waals surface area contributed by atoms with Gasteiger partial charge in [0.1, 0.15) is 5.75 Å². The Morgan fingerprint density at radius 2 is 1.69 bits per heavy atom. The number of hydrogen-bond acceptors (Lipinski definition) is 1. The molecule has 3 heterocycles. The maximum atomic E-state index is 9.69. The third-order valence-corrected chi connectivity index (χ3v) is 5.65. The Hall–Kier alpha value is -3.00. The van der Waals surface area contributed by atoms with Gasteiger partial charge in [-0.05, 0) is 59.9 Å². The number of nitrogens with zero attached hydrogens (tertiary/aromatic N) is 1. The summed E-state index contributed by atoms with van der Waals surface area (Å²) < 4.78 is 2.47. The summed E-state index contributed by atoms with van der Waals surface area (Å²) in [7, 11) is 0. The van der Waals surface area contributed by atoms with Gasteiger partial charge in [0.25, 0.3) is 0 Å². The van der Waals surface area contributed by atoms with Gasteiger partial charge < -0.3 is 9.67 Å². The smallest absolute Gasteiger partial charge is 0.115 e. The molecule has 0 aliphatic carbocycles. The molecule has 2 aliphatic rings. The number of benzene rings is 2. The second-order valence-corrected chi connectivity index (χ2v) is 7.15. The molecule has 0 saturated heterocycles. The quantitative estimate of drug-likeness (QED) is 0.773. The van der Waals surface area contributed by atoms with Crippen LogP contribution in [0.1, 0.15) is 23.6 Å². The van der Waals surface area contributed by atoms with Crippen LogP contribution in [-0.2, 0) is 6.42 Å².